The summed E-state index contributed by atoms with van der Waals surface area (Å²) < 4.78 is 1.57. The average Bonchev–Trinajstić information content (AvgIpc) is 2.69. The normalized spacial score (nSPS) is 11.7. The quantitative estimate of drug-likeness (QED) is 0.677. The number of rotatable bonds is 3. The van der Waals surface area contributed by atoms with E-state index in [4.69, 9.17) is 5.84 Å². The highest BCUT2D eigenvalue weighted by Crippen LogP contribution is 2.24. The Hall–Kier alpha value is -1.56. The minimum Gasteiger partial charge on any atom is -0.336 e. The first kappa shape index (κ1) is 12.9. The number of nitrogens with two attached hydrogens (primary N) is 1. The van der Waals surface area contributed by atoms with E-state index < -0.39 is 0 Å². The maximum atomic E-state index is 6.01. The molecule has 0 amide bonds. The van der Waals surface area contributed by atoms with E-state index in [1.54, 1.807) is 22.6 Å². The van der Waals surface area contributed by atoms with Gasteiger partial charge in [0, 0.05) is 23.6 Å². The second-order valence-electron chi connectivity index (χ2n) is 5.08. The third-order valence-corrected chi connectivity index (χ3v) is 3.44. The van der Waals surface area contributed by atoms with E-state index >= 15 is 0 Å². The molecule has 2 rings (SSSR count). The summed E-state index contributed by atoms with van der Waals surface area (Å²) in [6.45, 7) is 6.20. The van der Waals surface area contributed by atoms with Gasteiger partial charge in [-0.3, -0.25) is 4.98 Å². The predicted molar refractivity (Wildman–Crippen MR) is 72.7 cm³/mol. The Morgan fingerprint density at radius 1 is 1.33 bits per heavy atom. The second kappa shape index (κ2) is 4.97. The van der Waals surface area contributed by atoms with E-state index in [1.807, 2.05) is 18.3 Å². The van der Waals surface area contributed by atoms with Gasteiger partial charge >= 0.3 is 0 Å². The molecule has 0 radical (unpaired) electrons. The van der Waals surface area contributed by atoms with Crippen molar-refractivity contribution < 1.29 is 0 Å². The summed E-state index contributed by atoms with van der Waals surface area (Å²) >= 11 is 1.56. The molecule has 0 fully saturated rings. The molecule has 2 aromatic rings. The fourth-order valence-corrected chi connectivity index (χ4v) is 2.31. The number of nitrogens with zero attached hydrogens (tertiary/aromatic N) is 4. The van der Waals surface area contributed by atoms with Gasteiger partial charge in [-0.25, -0.2) is 4.68 Å². The highest BCUT2D eigenvalue weighted by atomic mass is 32.2. The summed E-state index contributed by atoms with van der Waals surface area (Å²) in [6, 6.07) is 3.95. The largest absolute Gasteiger partial charge is 0.336 e. The lowest BCUT2D eigenvalue weighted by Gasteiger charge is -2.16. The summed E-state index contributed by atoms with van der Waals surface area (Å²) in [5.74, 6) is 7.58. The molecule has 5 nitrogen and oxygen atoms in total. The molecule has 0 saturated heterocycles. The number of pyridine rings is 1. The Bertz CT molecular complexity index is 515. The molecule has 6 heteroatoms. The van der Waals surface area contributed by atoms with Crippen LogP contribution in [0.25, 0.3) is 0 Å². The Labute approximate surface area is 111 Å². The van der Waals surface area contributed by atoms with Crippen LogP contribution in [-0.4, -0.2) is 19.9 Å². The monoisotopic (exact) mass is 263 g/mol. The smallest absolute Gasteiger partial charge is 0.210 e. The minimum absolute atomic E-state index is 0.102. The zero-order valence-electron chi connectivity index (χ0n) is 10.8. The van der Waals surface area contributed by atoms with Crippen LogP contribution in [0.2, 0.25) is 0 Å². The van der Waals surface area contributed by atoms with Gasteiger partial charge in [-0.2, -0.15) is 0 Å². The van der Waals surface area contributed by atoms with E-state index in [-0.39, 0.29) is 5.41 Å². The fraction of sp³-hybridized carbons (Fsp3) is 0.417. The van der Waals surface area contributed by atoms with Gasteiger partial charge < -0.3 is 5.84 Å². The summed E-state index contributed by atoms with van der Waals surface area (Å²) in [5.41, 5.74) is 1.04. The SMILES string of the molecule is CC(C)(C)c1nnc(SCc2cccnc2)n1N. The molecule has 0 bridgehead atoms. The van der Waals surface area contributed by atoms with E-state index in [0.29, 0.717) is 0 Å². The summed E-state index contributed by atoms with van der Waals surface area (Å²) in [4.78, 5) is 4.08. The van der Waals surface area contributed by atoms with Gasteiger partial charge in [0.15, 0.2) is 5.82 Å². The first-order chi connectivity index (χ1) is 8.48. The topological polar surface area (TPSA) is 69.6 Å². The molecule has 0 aromatic carbocycles. The molecule has 0 saturated carbocycles. The molecule has 0 spiro atoms. The molecule has 2 heterocycles. The summed E-state index contributed by atoms with van der Waals surface area (Å²) in [7, 11) is 0. The molecular formula is C12H17N5S. The molecule has 2 N–H and O–H groups in total. The van der Waals surface area contributed by atoms with Crippen LogP contribution in [0.4, 0.5) is 0 Å². The van der Waals surface area contributed by atoms with Gasteiger partial charge in [0.25, 0.3) is 0 Å². The van der Waals surface area contributed by atoms with Gasteiger partial charge in [0.05, 0.1) is 0 Å². The molecule has 2 aromatic heterocycles. The zero-order chi connectivity index (χ0) is 13.2. The maximum Gasteiger partial charge on any atom is 0.210 e. The highest BCUT2D eigenvalue weighted by molar-refractivity contribution is 7.98. The van der Waals surface area contributed by atoms with Crippen molar-refractivity contribution in [3.63, 3.8) is 0 Å². The first-order valence-corrected chi connectivity index (χ1v) is 6.69. The third kappa shape index (κ3) is 2.81. The van der Waals surface area contributed by atoms with Crippen LogP contribution in [0.15, 0.2) is 29.7 Å². The van der Waals surface area contributed by atoms with Crippen molar-refractivity contribution in [3.8, 4) is 0 Å². The van der Waals surface area contributed by atoms with Gasteiger partial charge in [-0.05, 0) is 11.6 Å². The molecule has 0 aliphatic carbocycles. The molecule has 96 valence electrons. The van der Waals surface area contributed by atoms with E-state index in [9.17, 15) is 0 Å². The Kier molecular flexibility index (Phi) is 3.56. The molecular weight excluding hydrogens is 246 g/mol. The van der Waals surface area contributed by atoms with Crippen molar-refractivity contribution in [2.45, 2.75) is 37.1 Å². The van der Waals surface area contributed by atoms with E-state index in [1.165, 1.54) is 0 Å². The lowest BCUT2D eigenvalue weighted by Crippen LogP contribution is -2.24. The zero-order valence-corrected chi connectivity index (χ0v) is 11.6. The Balaban J connectivity index is 2.10. The van der Waals surface area contributed by atoms with Crippen LogP contribution in [0.3, 0.4) is 0 Å². The molecule has 0 unspecified atom stereocenters. The average molecular weight is 263 g/mol. The highest BCUT2D eigenvalue weighted by Gasteiger charge is 2.22. The molecule has 0 aliphatic rings. The van der Waals surface area contributed by atoms with Crippen molar-refractivity contribution in [2.24, 2.45) is 0 Å². The van der Waals surface area contributed by atoms with Gasteiger partial charge in [-0.1, -0.05) is 38.6 Å². The van der Waals surface area contributed by atoms with Gasteiger partial charge in [-0.15, -0.1) is 10.2 Å². The van der Waals surface area contributed by atoms with Gasteiger partial charge in [0.2, 0.25) is 5.16 Å². The summed E-state index contributed by atoms with van der Waals surface area (Å²) in [5, 5.41) is 9.00. The standard InChI is InChI=1S/C12H17N5S/c1-12(2,3)10-15-16-11(17(10)13)18-8-9-5-4-6-14-7-9/h4-7H,8,13H2,1-3H3. The number of nitrogen functional groups attached to an aromatic ring is 1. The van der Waals surface area contributed by atoms with Crippen LogP contribution in [0, 0.1) is 0 Å². The van der Waals surface area contributed by atoms with Crippen molar-refractivity contribution >= 4 is 11.8 Å². The first-order valence-electron chi connectivity index (χ1n) is 5.71. The van der Waals surface area contributed by atoms with Crippen molar-refractivity contribution in [1.29, 1.82) is 0 Å². The fourth-order valence-electron chi connectivity index (χ4n) is 1.52. The van der Waals surface area contributed by atoms with Gasteiger partial charge in [0.1, 0.15) is 0 Å². The number of hydrogen-bond donors (Lipinski definition) is 1. The van der Waals surface area contributed by atoms with Crippen molar-refractivity contribution in [3.05, 3.63) is 35.9 Å². The van der Waals surface area contributed by atoms with Crippen LogP contribution >= 0.6 is 11.8 Å². The summed E-state index contributed by atoms with van der Waals surface area (Å²) in [6.07, 6.45) is 3.60. The van der Waals surface area contributed by atoms with Crippen LogP contribution < -0.4 is 5.84 Å². The second-order valence-corrected chi connectivity index (χ2v) is 6.02. The molecule has 0 atom stereocenters. The molecule has 18 heavy (non-hydrogen) atoms. The predicted octanol–water partition coefficient (Wildman–Crippen LogP) is 1.98. The maximum absolute atomic E-state index is 6.01. The lowest BCUT2D eigenvalue weighted by atomic mass is 9.96. The van der Waals surface area contributed by atoms with Crippen molar-refractivity contribution in [1.82, 2.24) is 19.9 Å². The number of aromatic nitrogens is 4. The molecule has 0 aliphatic heterocycles. The number of hydrogen-bond acceptors (Lipinski definition) is 5. The van der Waals surface area contributed by atoms with Crippen LogP contribution in [-0.2, 0) is 11.2 Å². The number of thioether (sulfide) groups is 1. The lowest BCUT2D eigenvalue weighted by molar-refractivity contribution is 0.523. The van der Waals surface area contributed by atoms with Crippen LogP contribution in [0.5, 0.6) is 0 Å². The van der Waals surface area contributed by atoms with Crippen molar-refractivity contribution in [2.75, 3.05) is 5.84 Å². The van der Waals surface area contributed by atoms with Crippen LogP contribution in [0.1, 0.15) is 32.2 Å². The Morgan fingerprint density at radius 2 is 2.11 bits per heavy atom. The Morgan fingerprint density at radius 3 is 2.67 bits per heavy atom. The third-order valence-electron chi connectivity index (χ3n) is 2.43. The minimum atomic E-state index is -0.102. The van der Waals surface area contributed by atoms with E-state index in [0.717, 1.165) is 22.3 Å². The van der Waals surface area contributed by atoms with E-state index in [2.05, 4.69) is 36.0 Å².